The molecule has 0 aromatic rings. The molecule has 1 aliphatic heterocycles. The summed E-state index contributed by atoms with van der Waals surface area (Å²) in [4.78, 5) is 10.1. The molecule has 60 valence electrons. The van der Waals surface area contributed by atoms with Crippen molar-refractivity contribution in [2.24, 2.45) is 15.9 Å². The van der Waals surface area contributed by atoms with Crippen molar-refractivity contribution in [3.05, 3.63) is 12.3 Å². The maximum absolute atomic E-state index is 4.06. The maximum Gasteiger partial charge on any atom is 0.111 e. The van der Waals surface area contributed by atoms with Gasteiger partial charge in [0.25, 0.3) is 0 Å². The topological polar surface area (TPSA) is 28.0 Å². The van der Waals surface area contributed by atoms with Gasteiger partial charge in [-0.2, -0.15) is 0 Å². The van der Waals surface area contributed by atoms with E-state index >= 15 is 0 Å². The summed E-state index contributed by atoms with van der Waals surface area (Å²) in [6.07, 6.45) is 7.59. The zero-order chi connectivity index (χ0) is 8.10. The van der Waals surface area contributed by atoms with Crippen molar-refractivity contribution in [3.63, 3.8) is 0 Å². The first-order valence-electron chi connectivity index (χ1n) is 3.69. The van der Waals surface area contributed by atoms with Gasteiger partial charge in [0.15, 0.2) is 0 Å². The Morgan fingerprint density at radius 1 is 1.55 bits per heavy atom. The minimum Gasteiger partial charge on any atom is -0.362 e. The van der Waals surface area contributed by atoms with Crippen molar-refractivity contribution in [2.45, 2.75) is 6.92 Å². The van der Waals surface area contributed by atoms with Crippen molar-refractivity contribution < 1.29 is 0 Å². The number of hydrogen-bond acceptors (Lipinski definition) is 3. The predicted octanol–water partition coefficient (Wildman–Crippen LogP) is 1.14. The number of allylic oxidation sites excluding steroid dienone is 1. The molecule has 0 aliphatic carbocycles. The molecule has 0 aromatic heterocycles. The van der Waals surface area contributed by atoms with Gasteiger partial charge in [-0.1, -0.05) is 13.0 Å². The van der Waals surface area contributed by atoms with Crippen LogP contribution in [0.15, 0.2) is 22.3 Å². The average Bonchev–Trinajstić information content (AvgIpc) is 2.06. The van der Waals surface area contributed by atoms with Gasteiger partial charge in [0, 0.05) is 19.2 Å². The van der Waals surface area contributed by atoms with Gasteiger partial charge in [-0.25, -0.2) is 4.99 Å². The molecule has 1 unspecified atom stereocenters. The minimum absolute atomic E-state index is 0.391. The van der Waals surface area contributed by atoms with Crippen LogP contribution in [-0.2, 0) is 0 Å². The SMILES string of the molecule is CC1C=N/C=N\CN(C)/C=C\1. The van der Waals surface area contributed by atoms with E-state index in [-0.39, 0.29) is 0 Å². The van der Waals surface area contributed by atoms with Gasteiger partial charge < -0.3 is 4.90 Å². The molecule has 0 saturated heterocycles. The Morgan fingerprint density at radius 2 is 2.36 bits per heavy atom. The van der Waals surface area contributed by atoms with Crippen LogP contribution in [0.2, 0.25) is 0 Å². The standard InChI is InChI=1S/C8H13N3/c1-8-3-4-11(2)7-10-6-9-5-8/h3-6,8H,7H2,1-2H3/b4-3-,9-5?,10-6-. The van der Waals surface area contributed by atoms with Crippen LogP contribution in [0, 0.1) is 5.92 Å². The lowest BCUT2D eigenvalue weighted by molar-refractivity contribution is 0.472. The summed E-state index contributed by atoms with van der Waals surface area (Å²) >= 11 is 0. The highest BCUT2D eigenvalue weighted by molar-refractivity contribution is 5.74. The van der Waals surface area contributed by atoms with Gasteiger partial charge in [0.05, 0.1) is 0 Å². The van der Waals surface area contributed by atoms with Crippen molar-refractivity contribution in [3.8, 4) is 0 Å². The largest absolute Gasteiger partial charge is 0.362 e. The highest BCUT2D eigenvalue weighted by Crippen LogP contribution is 1.96. The molecule has 0 spiro atoms. The molecule has 11 heavy (non-hydrogen) atoms. The molecular formula is C8H13N3. The van der Waals surface area contributed by atoms with Crippen molar-refractivity contribution in [2.75, 3.05) is 13.7 Å². The molecule has 0 saturated carbocycles. The number of nitrogens with zero attached hydrogens (tertiary/aromatic N) is 3. The quantitative estimate of drug-likeness (QED) is 0.510. The van der Waals surface area contributed by atoms with Gasteiger partial charge >= 0.3 is 0 Å². The van der Waals surface area contributed by atoms with Crippen LogP contribution in [0.3, 0.4) is 0 Å². The van der Waals surface area contributed by atoms with Crippen LogP contribution in [0.25, 0.3) is 0 Å². The fourth-order valence-electron chi connectivity index (χ4n) is 0.766. The molecule has 3 nitrogen and oxygen atoms in total. The highest BCUT2D eigenvalue weighted by Gasteiger charge is 1.93. The van der Waals surface area contributed by atoms with Crippen LogP contribution in [0.4, 0.5) is 0 Å². The van der Waals surface area contributed by atoms with Gasteiger partial charge in [0.2, 0.25) is 0 Å². The molecule has 1 heterocycles. The van der Waals surface area contributed by atoms with Crippen LogP contribution >= 0.6 is 0 Å². The van der Waals surface area contributed by atoms with Crippen LogP contribution in [0.1, 0.15) is 6.92 Å². The third-order valence-corrected chi connectivity index (χ3v) is 1.42. The van der Waals surface area contributed by atoms with E-state index in [1.807, 2.05) is 24.4 Å². The Labute approximate surface area is 67.1 Å². The smallest absolute Gasteiger partial charge is 0.111 e. The molecule has 3 heteroatoms. The van der Waals surface area contributed by atoms with E-state index in [4.69, 9.17) is 0 Å². The van der Waals surface area contributed by atoms with Crippen molar-refractivity contribution >= 4 is 12.6 Å². The first kappa shape index (κ1) is 7.98. The second-order valence-corrected chi connectivity index (χ2v) is 2.70. The summed E-state index contributed by atoms with van der Waals surface area (Å²) in [6.45, 7) is 2.77. The van der Waals surface area contributed by atoms with Crippen LogP contribution in [0.5, 0.6) is 0 Å². The molecular weight excluding hydrogens is 138 g/mol. The van der Waals surface area contributed by atoms with E-state index in [9.17, 15) is 0 Å². The summed E-state index contributed by atoms with van der Waals surface area (Å²) in [7, 11) is 1.99. The fraction of sp³-hybridized carbons (Fsp3) is 0.500. The Hall–Kier alpha value is -1.12. The summed E-state index contributed by atoms with van der Waals surface area (Å²) in [5, 5.41) is 0. The summed E-state index contributed by atoms with van der Waals surface area (Å²) in [6, 6.07) is 0. The Kier molecular flexibility index (Phi) is 2.83. The lowest BCUT2D eigenvalue weighted by Crippen LogP contribution is -2.10. The maximum atomic E-state index is 4.06. The third-order valence-electron chi connectivity index (χ3n) is 1.42. The molecule has 0 amide bonds. The van der Waals surface area contributed by atoms with E-state index in [1.54, 1.807) is 6.34 Å². The second kappa shape index (κ2) is 3.91. The van der Waals surface area contributed by atoms with E-state index in [2.05, 4.69) is 23.0 Å². The predicted molar refractivity (Wildman–Crippen MR) is 47.9 cm³/mol. The lowest BCUT2D eigenvalue weighted by Gasteiger charge is -2.08. The van der Waals surface area contributed by atoms with Gasteiger partial charge in [0.1, 0.15) is 13.0 Å². The van der Waals surface area contributed by atoms with E-state index in [0.717, 1.165) is 0 Å². The van der Waals surface area contributed by atoms with E-state index in [1.165, 1.54) is 0 Å². The van der Waals surface area contributed by atoms with Crippen LogP contribution in [-0.4, -0.2) is 31.2 Å². The minimum atomic E-state index is 0.391. The second-order valence-electron chi connectivity index (χ2n) is 2.70. The number of rotatable bonds is 0. The summed E-state index contributed by atoms with van der Waals surface area (Å²) in [5.41, 5.74) is 0. The van der Waals surface area contributed by atoms with Crippen molar-refractivity contribution in [1.82, 2.24) is 4.90 Å². The van der Waals surface area contributed by atoms with E-state index in [0.29, 0.717) is 12.6 Å². The van der Waals surface area contributed by atoms with Gasteiger partial charge in [-0.05, 0) is 6.20 Å². The van der Waals surface area contributed by atoms with Gasteiger partial charge in [-0.15, -0.1) is 0 Å². The Morgan fingerprint density at radius 3 is 3.18 bits per heavy atom. The Balaban J connectivity index is 2.64. The summed E-state index contributed by atoms with van der Waals surface area (Å²) < 4.78 is 0. The fourth-order valence-corrected chi connectivity index (χ4v) is 0.766. The first-order valence-corrected chi connectivity index (χ1v) is 3.69. The lowest BCUT2D eigenvalue weighted by atomic mass is 10.2. The molecule has 0 aromatic carbocycles. The molecule has 0 radical (unpaired) electrons. The van der Waals surface area contributed by atoms with E-state index < -0.39 is 0 Å². The molecule has 0 fully saturated rings. The highest BCUT2D eigenvalue weighted by atomic mass is 15.2. The first-order chi connectivity index (χ1) is 5.29. The molecule has 1 rings (SSSR count). The average molecular weight is 151 g/mol. The number of aliphatic imine (C=N–C) groups is 2. The monoisotopic (exact) mass is 151 g/mol. The molecule has 1 atom stereocenters. The zero-order valence-electron chi connectivity index (χ0n) is 6.94. The van der Waals surface area contributed by atoms with Gasteiger partial charge in [-0.3, -0.25) is 4.99 Å². The Bertz CT molecular complexity index is 194. The molecule has 1 aliphatic rings. The normalized spacial score (nSPS) is 30.4. The zero-order valence-corrected chi connectivity index (χ0v) is 6.94. The summed E-state index contributed by atoms with van der Waals surface area (Å²) in [5.74, 6) is 0.391. The van der Waals surface area contributed by atoms with Crippen LogP contribution < -0.4 is 0 Å². The third kappa shape index (κ3) is 2.98. The van der Waals surface area contributed by atoms with Crippen molar-refractivity contribution in [1.29, 1.82) is 0 Å². The number of hydrogen-bond donors (Lipinski definition) is 0. The molecule has 0 bridgehead atoms. The molecule has 0 N–H and O–H groups in total.